The summed E-state index contributed by atoms with van der Waals surface area (Å²) in [6, 6.07) is 13.7. The third-order valence-electron chi connectivity index (χ3n) is 5.93. The Morgan fingerprint density at radius 2 is 1.90 bits per heavy atom. The minimum Gasteiger partial charge on any atom is -0.493 e. The first-order valence-electron chi connectivity index (χ1n) is 10.4. The molecule has 0 spiro atoms. The highest BCUT2D eigenvalue weighted by molar-refractivity contribution is 5.81. The number of ether oxygens (including phenoxy) is 1. The molecule has 0 radical (unpaired) electrons. The van der Waals surface area contributed by atoms with Gasteiger partial charge in [-0.3, -0.25) is 19.2 Å². The number of nitrogens with zero attached hydrogens (tertiary/aromatic N) is 4. The van der Waals surface area contributed by atoms with Gasteiger partial charge >= 0.3 is 0 Å². The molecule has 3 heterocycles. The minimum absolute atomic E-state index is 0.0330. The monoisotopic (exact) mass is 404 g/mol. The average molecular weight is 404 g/mol. The van der Waals surface area contributed by atoms with Crippen molar-refractivity contribution in [3.8, 4) is 5.75 Å². The molecule has 1 amide bonds. The number of piperazine rings is 1. The van der Waals surface area contributed by atoms with E-state index in [1.165, 1.54) is 17.3 Å². The molecule has 0 aliphatic carbocycles. The highest BCUT2D eigenvalue weighted by atomic mass is 16.5. The third kappa shape index (κ3) is 3.68. The molecular weight excluding hydrogens is 380 g/mol. The van der Waals surface area contributed by atoms with Crippen LogP contribution in [0.2, 0.25) is 0 Å². The van der Waals surface area contributed by atoms with E-state index in [0.29, 0.717) is 24.0 Å². The van der Waals surface area contributed by atoms with Gasteiger partial charge in [-0.25, -0.2) is 0 Å². The SMILES string of the molecule is O=C(Cn1ncc(=O)c2ccccc21)N1CCN(Cc2ccc3c(c2)CCO3)CC1. The zero-order valence-corrected chi connectivity index (χ0v) is 16.8. The molecule has 0 saturated carbocycles. The van der Waals surface area contributed by atoms with E-state index in [1.54, 1.807) is 10.7 Å². The van der Waals surface area contributed by atoms with E-state index < -0.39 is 0 Å². The molecule has 1 saturated heterocycles. The van der Waals surface area contributed by atoms with Gasteiger partial charge in [-0.05, 0) is 29.3 Å². The molecule has 154 valence electrons. The summed E-state index contributed by atoms with van der Waals surface area (Å²) >= 11 is 0. The van der Waals surface area contributed by atoms with Crippen molar-refractivity contribution in [1.29, 1.82) is 0 Å². The number of para-hydroxylation sites is 1. The molecule has 3 aromatic rings. The summed E-state index contributed by atoms with van der Waals surface area (Å²) in [7, 11) is 0. The van der Waals surface area contributed by atoms with Crippen LogP contribution in [-0.2, 0) is 24.3 Å². The van der Waals surface area contributed by atoms with Crippen molar-refractivity contribution in [1.82, 2.24) is 19.6 Å². The van der Waals surface area contributed by atoms with Gasteiger partial charge in [0.05, 0.1) is 18.3 Å². The van der Waals surface area contributed by atoms with Crippen molar-refractivity contribution in [3.63, 3.8) is 0 Å². The first-order valence-corrected chi connectivity index (χ1v) is 10.4. The third-order valence-corrected chi connectivity index (χ3v) is 5.93. The molecule has 0 unspecified atom stereocenters. The van der Waals surface area contributed by atoms with Crippen LogP contribution in [0.3, 0.4) is 0 Å². The van der Waals surface area contributed by atoms with Crippen LogP contribution >= 0.6 is 0 Å². The smallest absolute Gasteiger partial charge is 0.244 e. The van der Waals surface area contributed by atoms with Crippen LogP contribution < -0.4 is 10.2 Å². The largest absolute Gasteiger partial charge is 0.493 e. The zero-order valence-electron chi connectivity index (χ0n) is 16.8. The second-order valence-corrected chi connectivity index (χ2v) is 7.88. The molecule has 7 heteroatoms. The molecule has 30 heavy (non-hydrogen) atoms. The first-order chi connectivity index (χ1) is 14.7. The van der Waals surface area contributed by atoms with Gasteiger partial charge in [0.2, 0.25) is 11.3 Å². The highest BCUT2D eigenvalue weighted by Gasteiger charge is 2.22. The van der Waals surface area contributed by atoms with Gasteiger partial charge in [-0.15, -0.1) is 0 Å². The molecule has 2 aliphatic rings. The lowest BCUT2D eigenvalue weighted by molar-refractivity contribution is -0.133. The fourth-order valence-corrected chi connectivity index (χ4v) is 4.27. The van der Waals surface area contributed by atoms with E-state index in [9.17, 15) is 9.59 Å². The maximum atomic E-state index is 12.8. The van der Waals surface area contributed by atoms with Gasteiger partial charge in [0.1, 0.15) is 12.3 Å². The second-order valence-electron chi connectivity index (χ2n) is 7.88. The summed E-state index contributed by atoms with van der Waals surface area (Å²) in [6.07, 6.45) is 2.27. The number of benzene rings is 2. The van der Waals surface area contributed by atoms with Crippen LogP contribution in [0.1, 0.15) is 11.1 Å². The molecule has 2 aliphatic heterocycles. The van der Waals surface area contributed by atoms with E-state index in [1.807, 2.05) is 23.1 Å². The van der Waals surface area contributed by atoms with Crippen molar-refractivity contribution in [2.45, 2.75) is 19.5 Å². The molecule has 1 fully saturated rings. The number of carbonyl (C=O) groups is 1. The average Bonchev–Trinajstić information content (AvgIpc) is 3.24. The molecule has 0 atom stereocenters. The Morgan fingerprint density at radius 1 is 1.07 bits per heavy atom. The predicted molar refractivity (Wildman–Crippen MR) is 114 cm³/mol. The lowest BCUT2D eigenvalue weighted by Crippen LogP contribution is -2.49. The maximum absolute atomic E-state index is 12.8. The fourth-order valence-electron chi connectivity index (χ4n) is 4.27. The number of rotatable bonds is 4. The van der Waals surface area contributed by atoms with E-state index in [4.69, 9.17) is 4.74 Å². The summed E-state index contributed by atoms with van der Waals surface area (Å²) in [4.78, 5) is 29.1. The van der Waals surface area contributed by atoms with Crippen LogP contribution in [0.15, 0.2) is 53.5 Å². The van der Waals surface area contributed by atoms with Crippen molar-refractivity contribution in [3.05, 3.63) is 70.0 Å². The van der Waals surface area contributed by atoms with E-state index in [-0.39, 0.29) is 17.9 Å². The van der Waals surface area contributed by atoms with Crippen LogP contribution in [-0.4, -0.2) is 58.3 Å². The highest BCUT2D eigenvalue weighted by Crippen LogP contribution is 2.26. The molecule has 5 rings (SSSR count). The van der Waals surface area contributed by atoms with Gasteiger partial charge in [0, 0.05) is 44.5 Å². The second kappa shape index (κ2) is 7.91. The summed E-state index contributed by atoms with van der Waals surface area (Å²) in [6.45, 7) is 4.90. The number of fused-ring (bicyclic) bond motifs is 2. The van der Waals surface area contributed by atoms with E-state index >= 15 is 0 Å². The summed E-state index contributed by atoms with van der Waals surface area (Å²) in [5.41, 5.74) is 3.16. The Kier molecular flexibility index (Phi) is 4.96. The van der Waals surface area contributed by atoms with Gasteiger partial charge in [0.15, 0.2) is 0 Å². The summed E-state index contributed by atoms with van der Waals surface area (Å²) in [5, 5.41) is 4.76. The Hall–Kier alpha value is -3.19. The van der Waals surface area contributed by atoms with Gasteiger partial charge < -0.3 is 9.64 Å². The molecular formula is C23H24N4O3. The first kappa shape index (κ1) is 18.8. The minimum atomic E-state index is -0.124. The van der Waals surface area contributed by atoms with Gasteiger partial charge in [0.25, 0.3) is 0 Å². The Labute approximate surface area is 174 Å². The molecule has 7 nitrogen and oxygen atoms in total. The molecule has 2 aromatic carbocycles. The van der Waals surface area contributed by atoms with Crippen LogP contribution in [0.5, 0.6) is 5.75 Å². The fraction of sp³-hybridized carbons (Fsp3) is 0.348. The van der Waals surface area contributed by atoms with Gasteiger partial charge in [-0.1, -0.05) is 24.3 Å². The van der Waals surface area contributed by atoms with Crippen LogP contribution in [0.25, 0.3) is 10.9 Å². The molecule has 0 bridgehead atoms. The number of carbonyl (C=O) groups excluding carboxylic acids is 1. The van der Waals surface area contributed by atoms with Crippen LogP contribution in [0.4, 0.5) is 0 Å². The normalized spacial score (nSPS) is 16.5. The number of aromatic nitrogens is 2. The topological polar surface area (TPSA) is 67.7 Å². The zero-order chi connectivity index (χ0) is 20.5. The number of hydrogen-bond acceptors (Lipinski definition) is 5. The van der Waals surface area contributed by atoms with Crippen molar-refractivity contribution in [2.75, 3.05) is 32.8 Å². The number of hydrogen-bond donors (Lipinski definition) is 0. The molecule has 0 N–H and O–H groups in total. The molecule has 1 aromatic heterocycles. The van der Waals surface area contributed by atoms with Gasteiger partial charge in [-0.2, -0.15) is 5.10 Å². The van der Waals surface area contributed by atoms with Crippen molar-refractivity contribution >= 4 is 16.8 Å². The van der Waals surface area contributed by atoms with Crippen LogP contribution in [0, 0.1) is 0 Å². The lowest BCUT2D eigenvalue weighted by atomic mass is 10.1. The quantitative estimate of drug-likeness (QED) is 0.662. The van der Waals surface area contributed by atoms with E-state index in [0.717, 1.165) is 38.4 Å². The van der Waals surface area contributed by atoms with E-state index in [2.05, 4.69) is 28.2 Å². The Morgan fingerprint density at radius 3 is 2.77 bits per heavy atom. The maximum Gasteiger partial charge on any atom is 0.244 e. The Bertz CT molecular complexity index is 1150. The van der Waals surface area contributed by atoms with Crippen molar-refractivity contribution in [2.24, 2.45) is 0 Å². The standard InChI is InChI=1S/C23H24N4O3/c28-21-14-24-27(20-4-2-1-3-19(20)21)16-23(29)26-10-8-25(9-11-26)15-17-5-6-22-18(13-17)7-12-30-22/h1-6,13-14H,7-12,15-16H2. The lowest BCUT2D eigenvalue weighted by Gasteiger charge is -2.35. The summed E-state index contributed by atoms with van der Waals surface area (Å²) < 4.78 is 7.21. The Balaban J connectivity index is 1.20. The number of amides is 1. The summed E-state index contributed by atoms with van der Waals surface area (Å²) in [5.74, 6) is 1.04. The predicted octanol–water partition coefficient (Wildman–Crippen LogP) is 1.68. The van der Waals surface area contributed by atoms with Crippen molar-refractivity contribution < 1.29 is 9.53 Å².